The summed E-state index contributed by atoms with van der Waals surface area (Å²) in [5.41, 5.74) is 5.45. The van der Waals surface area contributed by atoms with Crippen molar-refractivity contribution in [2.24, 2.45) is 5.73 Å². The van der Waals surface area contributed by atoms with Gasteiger partial charge in [-0.05, 0) is 45.7 Å². The molecule has 7 nitrogen and oxygen atoms in total. The molecule has 1 aromatic rings. The highest BCUT2D eigenvalue weighted by Gasteiger charge is 2.27. The normalized spacial score (nSPS) is 18.7. The number of hydrogen-bond acceptors (Lipinski definition) is 5. The quantitative estimate of drug-likeness (QED) is 0.818. The lowest BCUT2D eigenvalue weighted by Gasteiger charge is -2.31. The Hall–Kier alpha value is -0.890. The first-order chi connectivity index (χ1) is 11.2. The molecule has 0 radical (unpaired) electrons. The maximum atomic E-state index is 11.7. The van der Waals surface area contributed by atoms with Gasteiger partial charge in [0.25, 0.3) is 0 Å². The van der Waals surface area contributed by atoms with E-state index in [1.54, 1.807) is 0 Å². The molecular formula is C16H30Cl2N6O. The van der Waals surface area contributed by atoms with Crippen LogP contribution < -0.4 is 5.73 Å². The predicted molar refractivity (Wildman–Crippen MR) is 102 cm³/mol. The van der Waals surface area contributed by atoms with Crippen molar-refractivity contribution in [3.63, 3.8) is 0 Å². The molecule has 0 unspecified atom stereocenters. The third-order valence-electron chi connectivity index (χ3n) is 5.12. The van der Waals surface area contributed by atoms with Gasteiger partial charge in [-0.1, -0.05) is 0 Å². The molecule has 2 aliphatic heterocycles. The number of halogens is 2. The number of nitrogens with zero attached hydrogens (tertiary/aromatic N) is 5. The van der Waals surface area contributed by atoms with Gasteiger partial charge in [0, 0.05) is 25.6 Å². The molecule has 2 aliphatic rings. The van der Waals surface area contributed by atoms with Crippen LogP contribution >= 0.6 is 24.8 Å². The highest BCUT2D eigenvalue weighted by molar-refractivity contribution is 5.85. The topological polar surface area (TPSA) is 80.3 Å². The first-order valence-electron chi connectivity index (χ1n) is 8.85. The predicted octanol–water partition coefficient (Wildman–Crippen LogP) is 1.40. The number of aromatic nitrogens is 3. The lowest BCUT2D eigenvalue weighted by Crippen LogP contribution is -2.41. The van der Waals surface area contributed by atoms with Gasteiger partial charge in [-0.2, -0.15) is 0 Å². The number of carbonyl (C=O) groups is 1. The van der Waals surface area contributed by atoms with E-state index in [9.17, 15) is 4.79 Å². The second kappa shape index (κ2) is 10.3. The first kappa shape index (κ1) is 22.2. The minimum Gasteiger partial charge on any atom is -0.342 e. The zero-order chi connectivity index (χ0) is 16.2. The second-order valence-corrected chi connectivity index (χ2v) is 6.56. The Morgan fingerprint density at radius 3 is 2.32 bits per heavy atom. The summed E-state index contributed by atoms with van der Waals surface area (Å²) in [6.45, 7) is 7.98. The maximum absolute atomic E-state index is 11.7. The summed E-state index contributed by atoms with van der Waals surface area (Å²) in [5.74, 6) is 2.64. The summed E-state index contributed by atoms with van der Waals surface area (Å²) in [6.07, 6.45) is 4.49. The standard InChI is InChI=1S/C16H28N6O.2ClH/c1-2-22-14(12-20-7-3-4-8-20)18-19-16(22)13-5-9-21(10-6-13)15(23)11-17;;/h13H,2-12,17H2,1H3;2*1H. The molecular weight excluding hydrogens is 363 g/mol. The van der Waals surface area contributed by atoms with E-state index in [4.69, 9.17) is 5.73 Å². The minimum absolute atomic E-state index is 0. The summed E-state index contributed by atoms with van der Waals surface area (Å²) < 4.78 is 2.28. The molecule has 0 atom stereocenters. The van der Waals surface area contributed by atoms with Crippen molar-refractivity contribution in [1.29, 1.82) is 0 Å². The van der Waals surface area contributed by atoms with E-state index in [-0.39, 0.29) is 37.3 Å². The van der Waals surface area contributed by atoms with Crippen molar-refractivity contribution >= 4 is 30.7 Å². The van der Waals surface area contributed by atoms with E-state index < -0.39 is 0 Å². The Bertz CT molecular complexity index is 539. The van der Waals surface area contributed by atoms with Gasteiger partial charge >= 0.3 is 0 Å². The van der Waals surface area contributed by atoms with Crippen molar-refractivity contribution in [2.45, 2.75) is 51.6 Å². The van der Waals surface area contributed by atoms with Crippen molar-refractivity contribution in [2.75, 3.05) is 32.7 Å². The number of amides is 1. The highest BCUT2D eigenvalue weighted by Crippen LogP contribution is 2.27. The van der Waals surface area contributed by atoms with Gasteiger partial charge in [0.1, 0.15) is 11.6 Å². The van der Waals surface area contributed by atoms with Crippen LogP contribution in [0.4, 0.5) is 0 Å². The number of nitrogens with two attached hydrogens (primary N) is 1. The van der Waals surface area contributed by atoms with Crippen LogP contribution in [-0.4, -0.2) is 63.2 Å². The summed E-state index contributed by atoms with van der Waals surface area (Å²) in [5, 5.41) is 8.97. The molecule has 3 heterocycles. The average Bonchev–Trinajstić information content (AvgIpc) is 3.24. The zero-order valence-corrected chi connectivity index (χ0v) is 16.5. The fourth-order valence-electron chi connectivity index (χ4n) is 3.77. The molecule has 0 bridgehead atoms. The molecule has 3 rings (SSSR count). The lowest BCUT2D eigenvalue weighted by molar-refractivity contribution is -0.130. The van der Waals surface area contributed by atoms with E-state index in [1.165, 1.54) is 25.9 Å². The monoisotopic (exact) mass is 392 g/mol. The van der Waals surface area contributed by atoms with Crippen molar-refractivity contribution in [1.82, 2.24) is 24.6 Å². The lowest BCUT2D eigenvalue weighted by atomic mass is 9.95. The van der Waals surface area contributed by atoms with Crippen LogP contribution in [0.5, 0.6) is 0 Å². The van der Waals surface area contributed by atoms with Crippen LogP contribution in [0.2, 0.25) is 0 Å². The Morgan fingerprint density at radius 2 is 1.76 bits per heavy atom. The summed E-state index contributed by atoms with van der Waals surface area (Å²) in [7, 11) is 0. The molecule has 0 saturated carbocycles. The number of piperidine rings is 1. The van der Waals surface area contributed by atoms with Crippen LogP contribution in [0.1, 0.15) is 50.2 Å². The van der Waals surface area contributed by atoms with Crippen LogP contribution in [-0.2, 0) is 17.9 Å². The van der Waals surface area contributed by atoms with Gasteiger partial charge in [0.05, 0.1) is 13.1 Å². The Labute approximate surface area is 162 Å². The molecule has 1 aromatic heterocycles. The minimum atomic E-state index is 0. The van der Waals surface area contributed by atoms with Crippen molar-refractivity contribution < 1.29 is 4.79 Å². The highest BCUT2D eigenvalue weighted by atomic mass is 35.5. The smallest absolute Gasteiger partial charge is 0.236 e. The Kier molecular flexibility index (Phi) is 9.13. The van der Waals surface area contributed by atoms with Gasteiger partial charge in [-0.25, -0.2) is 0 Å². The fourth-order valence-corrected chi connectivity index (χ4v) is 3.77. The van der Waals surface area contributed by atoms with Gasteiger partial charge in [-0.3, -0.25) is 9.69 Å². The van der Waals surface area contributed by atoms with Gasteiger partial charge < -0.3 is 15.2 Å². The van der Waals surface area contributed by atoms with E-state index >= 15 is 0 Å². The van der Waals surface area contributed by atoms with Crippen molar-refractivity contribution in [3.05, 3.63) is 11.6 Å². The summed E-state index contributed by atoms with van der Waals surface area (Å²) >= 11 is 0. The molecule has 0 spiro atoms. The fraction of sp³-hybridized carbons (Fsp3) is 0.812. The third-order valence-corrected chi connectivity index (χ3v) is 5.12. The SMILES string of the molecule is CCn1c(CN2CCCC2)nnc1C1CCN(C(=O)CN)CC1.Cl.Cl. The molecule has 0 aliphatic carbocycles. The van der Waals surface area contributed by atoms with Crippen LogP contribution in [0.25, 0.3) is 0 Å². The zero-order valence-electron chi connectivity index (χ0n) is 14.9. The molecule has 25 heavy (non-hydrogen) atoms. The van der Waals surface area contributed by atoms with Gasteiger partial charge in [0.2, 0.25) is 5.91 Å². The number of likely N-dealkylation sites (tertiary alicyclic amines) is 2. The number of carbonyl (C=O) groups excluding carboxylic acids is 1. The molecule has 2 saturated heterocycles. The third kappa shape index (κ3) is 5.06. The van der Waals surface area contributed by atoms with E-state index in [1.807, 2.05) is 4.90 Å². The van der Waals surface area contributed by atoms with E-state index in [0.29, 0.717) is 5.92 Å². The number of rotatable bonds is 5. The Morgan fingerprint density at radius 1 is 1.12 bits per heavy atom. The van der Waals surface area contributed by atoms with Crippen LogP contribution in [0.3, 0.4) is 0 Å². The van der Waals surface area contributed by atoms with Crippen LogP contribution in [0.15, 0.2) is 0 Å². The maximum Gasteiger partial charge on any atom is 0.236 e. The molecule has 2 fully saturated rings. The molecule has 144 valence electrons. The molecule has 1 amide bonds. The van der Waals surface area contributed by atoms with E-state index in [2.05, 4.69) is 26.6 Å². The molecule has 2 N–H and O–H groups in total. The van der Waals surface area contributed by atoms with Gasteiger partial charge in [0.15, 0.2) is 0 Å². The first-order valence-corrected chi connectivity index (χ1v) is 8.85. The van der Waals surface area contributed by atoms with Crippen molar-refractivity contribution in [3.8, 4) is 0 Å². The summed E-state index contributed by atoms with van der Waals surface area (Å²) in [6, 6.07) is 0. The largest absolute Gasteiger partial charge is 0.342 e. The average molecular weight is 393 g/mol. The molecule has 9 heteroatoms. The van der Waals surface area contributed by atoms with Gasteiger partial charge in [-0.15, -0.1) is 35.0 Å². The number of hydrogen-bond donors (Lipinski definition) is 1. The van der Waals surface area contributed by atoms with E-state index in [0.717, 1.165) is 50.7 Å². The Balaban J connectivity index is 0.00000156. The molecule has 0 aromatic carbocycles. The van der Waals surface area contributed by atoms with Crippen LogP contribution in [0, 0.1) is 0 Å². The summed E-state index contributed by atoms with van der Waals surface area (Å²) in [4.78, 5) is 16.0. The second-order valence-electron chi connectivity index (χ2n) is 6.56.